The molecule has 0 aliphatic carbocycles. The van der Waals surface area contributed by atoms with Gasteiger partial charge < -0.3 is 4.42 Å². The lowest BCUT2D eigenvalue weighted by molar-refractivity contribution is -0.385. The predicted molar refractivity (Wildman–Crippen MR) is 125 cm³/mol. The number of amides is 4. The number of urea groups is 1. The third-order valence-corrected chi connectivity index (χ3v) is 5.96. The molecule has 1 fully saturated rings. The van der Waals surface area contributed by atoms with E-state index in [1.54, 1.807) is 45.0 Å². The number of carbonyl (C=O) groups excluding carboxylic acids is 3. The summed E-state index contributed by atoms with van der Waals surface area (Å²) in [6.45, 7) is 5.19. The van der Waals surface area contributed by atoms with E-state index < -0.39 is 22.8 Å². The molecule has 10 heteroatoms. The van der Waals surface area contributed by atoms with Crippen LogP contribution in [0.3, 0.4) is 0 Å². The summed E-state index contributed by atoms with van der Waals surface area (Å²) >= 11 is 6.13. The number of imide groups is 2. The number of furan rings is 1. The van der Waals surface area contributed by atoms with Gasteiger partial charge in [-0.1, -0.05) is 17.7 Å². The fourth-order valence-electron chi connectivity index (χ4n) is 3.51. The largest absolute Gasteiger partial charge is 0.457 e. The average Bonchev–Trinajstić information content (AvgIpc) is 3.24. The van der Waals surface area contributed by atoms with Crippen molar-refractivity contribution in [1.82, 2.24) is 5.32 Å². The molecule has 0 atom stereocenters. The molecular weight excluding hydrogens is 462 g/mol. The molecule has 1 aliphatic rings. The molecule has 34 heavy (non-hydrogen) atoms. The Kier molecular flexibility index (Phi) is 5.80. The Labute approximate surface area is 198 Å². The summed E-state index contributed by atoms with van der Waals surface area (Å²) in [5, 5.41) is 13.8. The number of hydrogen-bond donors (Lipinski definition) is 1. The van der Waals surface area contributed by atoms with Crippen molar-refractivity contribution in [2.75, 3.05) is 4.90 Å². The van der Waals surface area contributed by atoms with Crippen molar-refractivity contribution in [2.24, 2.45) is 0 Å². The molecule has 1 aromatic heterocycles. The maximum absolute atomic E-state index is 13.0. The minimum Gasteiger partial charge on any atom is -0.457 e. The number of carbonyl (C=O) groups is 3. The Morgan fingerprint density at radius 3 is 2.44 bits per heavy atom. The summed E-state index contributed by atoms with van der Waals surface area (Å²) in [6, 6.07) is 10.0. The van der Waals surface area contributed by atoms with E-state index in [4.69, 9.17) is 16.0 Å². The Bertz CT molecular complexity index is 1420. The third-order valence-electron chi connectivity index (χ3n) is 5.55. The van der Waals surface area contributed by atoms with Crippen LogP contribution >= 0.6 is 11.6 Å². The Hall–Kier alpha value is -4.24. The molecule has 1 N–H and O–H groups in total. The second kappa shape index (κ2) is 8.60. The van der Waals surface area contributed by atoms with Crippen LogP contribution in [-0.4, -0.2) is 22.8 Å². The molecule has 4 amide bonds. The zero-order chi connectivity index (χ0) is 24.7. The summed E-state index contributed by atoms with van der Waals surface area (Å²) in [5.74, 6) is -1.23. The van der Waals surface area contributed by atoms with Crippen LogP contribution in [0, 0.1) is 30.9 Å². The van der Waals surface area contributed by atoms with Crippen LogP contribution < -0.4 is 10.2 Å². The maximum Gasteiger partial charge on any atom is 0.335 e. The number of halogens is 1. The van der Waals surface area contributed by atoms with Gasteiger partial charge in [-0.25, -0.2) is 9.69 Å². The number of nitrogens with one attached hydrogen (secondary N) is 1. The molecule has 4 rings (SSSR count). The first-order chi connectivity index (χ1) is 16.1. The average molecular weight is 480 g/mol. The molecule has 3 aromatic rings. The second-order valence-electron chi connectivity index (χ2n) is 7.79. The van der Waals surface area contributed by atoms with E-state index in [9.17, 15) is 24.5 Å². The number of rotatable bonds is 4. The lowest BCUT2D eigenvalue weighted by atomic mass is 10.0. The van der Waals surface area contributed by atoms with Crippen LogP contribution in [0.15, 0.2) is 52.5 Å². The summed E-state index contributed by atoms with van der Waals surface area (Å²) in [5.41, 5.74) is 2.35. The molecule has 2 aromatic carbocycles. The number of nitrogens with zero attached hydrogens (tertiary/aromatic N) is 2. The minimum atomic E-state index is -0.894. The van der Waals surface area contributed by atoms with E-state index in [0.29, 0.717) is 27.5 Å². The Morgan fingerprint density at radius 1 is 1.03 bits per heavy atom. The number of nitro groups is 1. The van der Waals surface area contributed by atoms with Crippen molar-refractivity contribution in [3.8, 4) is 11.3 Å². The molecule has 1 aliphatic heterocycles. The second-order valence-corrected chi connectivity index (χ2v) is 8.19. The van der Waals surface area contributed by atoms with Crippen molar-refractivity contribution < 1.29 is 23.7 Å². The molecular formula is C24H18ClN3O6. The van der Waals surface area contributed by atoms with E-state index in [-0.39, 0.29) is 22.7 Å². The molecule has 2 heterocycles. The van der Waals surface area contributed by atoms with Gasteiger partial charge in [0.1, 0.15) is 17.1 Å². The van der Waals surface area contributed by atoms with E-state index in [1.807, 2.05) is 0 Å². The standard InChI is InChI=1S/C24H18ClN3O6/c1-12-4-5-16(10-19(12)25)27-23(30)18(22(29)26-24(27)31)11-17-6-7-21(34-17)15-8-13(2)14(3)20(9-15)28(32)33/h4-11H,1-3H3,(H,26,29,31)/b18-11-. The molecule has 0 unspecified atom stereocenters. The number of barbiturate groups is 1. The van der Waals surface area contributed by atoms with Gasteiger partial charge in [0.25, 0.3) is 17.5 Å². The fraction of sp³-hybridized carbons (Fsp3) is 0.125. The van der Waals surface area contributed by atoms with Crippen LogP contribution in [0.5, 0.6) is 0 Å². The lowest BCUT2D eigenvalue weighted by Crippen LogP contribution is -2.54. The summed E-state index contributed by atoms with van der Waals surface area (Å²) in [4.78, 5) is 49.5. The zero-order valence-electron chi connectivity index (χ0n) is 18.3. The molecule has 0 radical (unpaired) electrons. The molecule has 9 nitrogen and oxygen atoms in total. The quantitative estimate of drug-likeness (QED) is 0.240. The van der Waals surface area contributed by atoms with Gasteiger partial charge >= 0.3 is 6.03 Å². The SMILES string of the molecule is Cc1ccc(N2C(=O)NC(=O)/C(=C/c3ccc(-c4cc(C)c(C)c([N+](=O)[O-])c4)o3)C2=O)cc1Cl. The van der Waals surface area contributed by atoms with Gasteiger partial charge in [0, 0.05) is 22.2 Å². The van der Waals surface area contributed by atoms with Gasteiger partial charge in [-0.05, 0) is 68.3 Å². The van der Waals surface area contributed by atoms with Gasteiger partial charge in [0.2, 0.25) is 0 Å². The number of benzene rings is 2. The van der Waals surface area contributed by atoms with Crippen LogP contribution in [-0.2, 0) is 9.59 Å². The summed E-state index contributed by atoms with van der Waals surface area (Å²) in [7, 11) is 0. The normalized spacial score (nSPS) is 15.1. The highest BCUT2D eigenvalue weighted by molar-refractivity contribution is 6.39. The van der Waals surface area contributed by atoms with Crippen molar-refractivity contribution >= 4 is 46.9 Å². The van der Waals surface area contributed by atoms with Gasteiger partial charge in [-0.15, -0.1) is 0 Å². The van der Waals surface area contributed by atoms with Crippen LogP contribution in [0.2, 0.25) is 5.02 Å². The van der Waals surface area contributed by atoms with Crippen LogP contribution in [0.1, 0.15) is 22.5 Å². The number of hydrogen-bond acceptors (Lipinski definition) is 6. The van der Waals surface area contributed by atoms with Crippen molar-refractivity contribution in [3.63, 3.8) is 0 Å². The number of aryl methyl sites for hydroxylation is 2. The van der Waals surface area contributed by atoms with Gasteiger partial charge in [0.05, 0.1) is 10.6 Å². The maximum atomic E-state index is 13.0. The van der Waals surface area contributed by atoms with E-state index in [1.165, 1.54) is 24.3 Å². The van der Waals surface area contributed by atoms with Crippen molar-refractivity contribution in [1.29, 1.82) is 0 Å². The van der Waals surface area contributed by atoms with Crippen LogP contribution in [0.4, 0.5) is 16.2 Å². The summed E-state index contributed by atoms with van der Waals surface area (Å²) < 4.78 is 5.75. The molecule has 172 valence electrons. The highest BCUT2D eigenvalue weighted by Crippen LogP contribution is 2.32. The monoisotopic (exact) mass is 479 g/mol. The highest BCUT2D eigenvalue weighted by atomic mass is 35.5. The van der Waals surface area contributed by atoms with Crippen LogP contribution in [0.25, 0.3) is 17.4 Å². The van der Waals surface area contributed by atoms with Gasteiger partial charge in [-0.2, -0.15) is 0 Å². The van der Waals surface area contributed by atoms with E-state index in [0.717, 1.165) is 10.5 Å². The minimum absolute atomic E-state index is 0.0425. The van der Waals surface area contributed by atoms with E-state index >= 15 is 0 Å². The van der Waals surface area contributed by atoms with Crippen molar-refractivity contribution in [3.05, 3.63) is 85.6 Å². The Morgan fingerprint density at radius 2 is 1.76 bits per heavy atom. The smallest absolute Gasteiger partial charge is 0.335 e. The Balaban J connectivity index is 1.70. The molecule has 0 spiro atoms. The first-order valence-electron chi connectivity index (χ1n) is 10.1. The predicted octanol–water partition coefficient (Wildman–Crippen LogP) is 5.10. The zero-order valence-corrected chi connectivity index (χ0v) is 19.1. The fourth-order valence-corrected chi connectivity index (χ4v) is 3.69. The molecule has 0 saturated carbocycles. The molecule has 0 bridgehead atoms. The van der Waals surface area contributed by atoms with Gasteiger partial charge in [0.15, 0.2) is 0 Å². The third kappa shape index (κ3) is 4.08. The van der Waals surface area contributed by atoms with Crippen molar-refractivity contribution in [2.45, 2.75) is 20.8 Å². The molecule has 1 saturated heterocycles. The number of nitro benzene ring substituents is 1. The first kappa shape index (κ1) is 22.9. The summed E-state index contributed by atoms with van der Waals surface area (Å²) in [6.07, 6.45) is 1.21. The number of anilines is 1. The van der Waals surface area contributed by atoms with E-state index in [2.05, 4.69) is 5.32 Å². The topological polar surface area (TPSA) is 123 Å². The highest BCUT2D eigenvalue weighted by Gasteiger charge is 2.37. The lowest BCUT2D eigenvalue weighted by Gasteiger charge is -2.26. The first-order valence-corrected chi connectivity index (χ1v) is 10.5. The van der Waals surface area contributed by atoms with Gasteiger partial charge in [-0.3, -0.25) is 25.0 Å².